The van der Waals surface area contributed by atoms with Gasteiger partial charge in [0.2, 0.25) is 5.91 Å². The van der Waals surface area contributed by atoms with E-state index in [-0.39, 0.29) is 31.4 Å². The van der Waals surface area contributed by atoms with Crippen LogP contribution in [0.5, 0.6) is 0 Å². The van der Waals surface area contributed by atoms with Gasteiger partial charge in [0.15, 0.2) is 0 Å². The molecule has 21 heavy (non-hydrogen) atoms. The van der Waals surface area contributed by atoms with Crippen LogP contribution in [0.1, 0.15) is 33.6 Å². The summed E-state index contributed by atoms with van der Waals surface area (Å²) in [6.07, 6.45) is -2.86. The molecule has 0 spiro atoms. The van der Waals surface area contributed by atoms with Crippen LogP contribution in [0.25, 0.3) is 0 Å². The maximum absolute atomic E-state index is 12.6. The van der Waals surface area contributed by atoms with Gasteiger partial charge in [-0.05, 0) is 20.3 Å². The molecule has 126 valence electrons. The van der Waals surface area contributed by atoms with Crippen LogP contribution in [0.2, 0.25) is 0 Å². The maximum atomic E-state index is 12.6. The van der Waals surface area contributed by atoms with Gasteiger partial charge >= 0.3 is 6.18 Å². The lowest BCUT2D eigenvalue weighted by Gasteiger charge is -2.41. The van der Waals surface area contributed by atoms with E-state index in [0.717, 1.165) is 13.3 Å². The first-order chi connectivity index (χ1) is 9.09. The molecule has 0 bridgehead atoms. The van der Waals surface area contributed by atoms with Gasteiger partial charge in [0, 0.05) is 26.2 Å². The van der Waals surface area contributed by atoms with Gasteiger partial charge < -0.3 is 10.6 Å². The van der Waals surface area contributed by atoms with E-state index < -0.39 is 17.8 Å². The fraction of sp³-hybridized carbons (Fsp3) is 0.923. The van der Waals surface area contributed by atoms with Gasteiger partial charge in [-0.2, -0.15) is 13.2 Å². The first kappa shape index (κ1) is 20.5. The summed E-state index contributed by atoms with van der Waals surface area (Å²) in [4.78, 5) is 15.2. The van der Waals surface area contributed by atoms with E-state index in [1.165, 1.54) is 4.90 Å². The molecule has 0 aromatic rings. The molecule has 1 heterocycles. The summed E-state index contributed by atoms with van der Waals surface area (Å²) in [5.74, 6) is -0.168. The summed E-state index contributed by atoms with van der Waals surface area (Å²) in [5.41, 5.74) is 5.06. The van der Waals surface area contributed by atoms with Gasteiger partial charge in [-0.25, -0.2) is 0 Å². The molecule has 0 saturated carbocycles. The Bertz CT molecular complexity index is 342. The lowest BCUT2D eigenvalue weighted by molar-refractivity contribution is -0.183. The summed E-state index contributed by atoms with van der Waals surface area (Å²) in [5, 5.41) is 0. The molecule has 8 heteroatoms. The lowest BCUT2D eigenvalue weighted by Crippen LogP contribution is -2.60. The average Bonchev–Trinajstić information content (AvgIpc) is 2.36. The normalized spacial score (nSPS) is 21.4. The summed E-state index contributed by atoms with van der Waals surface area (Å²) >= 11 is 0. The van der Waals surface area contributed by atoms with Crippen molar-refractivity contribution in [1.82, 2.24) is 9.80 Å². The van der Waals surface area contributed by atoms with E-state index in [1.54, 1.807) is 11.8 Å². The molecule has 1 saturated heterocycles. The van der Waals surface area contributed by atoms with Crippen LogP contribution in [-0.2, 0) is 4.79 Å². The van der Waals surface area contributed by atoms with Crippen LogP contribution in [0, 0.1) is 0 Å². The van der Waals surface area contributed by atoms with E-state index >= 15 is 0 Å². The fourth-order valence-corrected chi connectivity index (χ4v) is 2.51. The molecule has 1 aliphatic rings. The zero-order valence-corrected chi connectivity index (χ0v) is 13.6. The molecule has 0 aliphatic carbocycles. The minimum Gasteiger partial charge on any atom is -0.339 e. The smallest absolute Gasteiger partial charge is 0.339 e. The first-order valence-electron chi connectivity index (χ1n) is 6.98. The minimum absolute atomic E-state index is 0. The Morgan fingerprint density at radius 3 is 2.10 bits per heavy atom. The van der Waals surface area contributed by atoms with Crippen LogP contribution < -0.4 is 5.73 Å². The van der Waals surface area contributed by atoms with Crippen molar-refractivity contribution in [1.29, 1.82) is 0 Å². The average molecular weight is 332 g/mol. The molecule has 2 unspecified atom stereocenters. The van der Waals surface area contributed by atoms with Gasteiger partial charge in [-0.1, -0.05) is 13.3 Å². The van der Waals surface area contributed by atoms with Crippen molar-refractivity contribution in [2.75, 3.05) is 26.2 Å². The van der Waals surface area contributed by atoms with Crippen molar-refractivity contribution < 1.29 is 18.0 Å². The first-order valence-corrected chi connectivity index (χ1v) is 6.98. The largest absolute Gasteiger partial charge is 0.403 e. The van der Waals surface area contributed by atoms with E-state index in [0.29, 0.717) is 19.5 Å². The molecule has 2 N–H and O–H groups in total. The summed E-state index contributed by atoms with van der Waals surface area (Å²) in [6.45, 7) is 5.85. The van der Waals surface area contributed by atoms with E-state index in [4.69, 9.17) is 5.73 Å². The monoisotopic (exact) mass is 331 g/mol. The van der Waals surface area contributed by atoms with Crippen molar-refractivity contribution in [3.63, 3.8) is 0 Å². The zero-order valence-electron chi connectivity index (χ0n) is 12.7. The Balaban J connectivity index is 0.00000400. The number of carbonyl (C=O) groups excluding carboxylic acids is 1. The Hall–Kier alpha value is -0.530. The summed E-state index contributed by atoms with van der Waals surface area (Å²) in [7, 11) is 0. The van der Waals surface area contributed by atoms with Crippen LogP contribution >= 0.6 is 12.4 Å². The van der Waals surface area contributed by atoms with Crippen molar-refractivity contribution in [2.24, 2.45) is 5.73 Å². The molecule has 1 fully saturated rings. The number of hydrogen-bond donors (Lipinski definition) is 1. The molecule has 0 aromatic carbocycles. The number of amides is 1. The second-order valence-electron chi connectivity index (χ2n) is 5.71. The van der Waals surface area contributed by atoms with Crippen LogP contribution in [-0.4, -0.2) is 59.6 Å². The second-order valence-corrected chi connectivity index (χ2v) is 5.71. The van der Waals surface area contributed by atoms with E-state index in [2.05, 4.69) is 0 Å². The second kappa shape index (κ2) is 7.65. The fourth-order valence-electron chi connectivity index (χ4n) is 2.51. The lowest BCUT2D eigenvalue weighted by atomic mass is 9.95. The topological polar surface area (TPSA) is 49.6 Å². The van der Waals surface area contributed by atoms with Gasteiger partial charge in [0.25, 0.3) is 0 Å². The van der Waals surface area contributed by atoms with Crippen molar-refractivity contribution in [3.05, 3.63) is 0 Å². The molecule has 1 rings (SSSR count). The highest BCUT2D eigenvalue weighted by molar-refractivity contribution is 5.86. The number of carbonyl (C=O) groups is 1. The van der Waals surface area contributed by atoms with Crippen molar-refractivity contribution in [3.8, 4) is 0 Å². The third-order valence-corrected chi connectivity index (χ3v) is 3.88. The van der Waals surface area contributed by atoms with E-state index in [9.17, 15) is 18.0 Å². The van der Waals surface area contributed by atoms with Crippen LogP contribution in [0.4, 0.5) is 13.2 Å². The minimum atomic E-state index is -4.23. The zero-order chi connectivity index (χ0) is 15.6. The Morgan fingerprint density at radius 2 is 1.71 bits per heavy atom. The predicted molar refractivity (Wildman–Crippen MR) is 78.4 cm³/mol. The number of rotatable bonds is 4. The summed E-state index contributed by atoms with van der Waals surface area (Å²) < 4.78 is 37.9. The Labute approximate surface area is 130 Å². The quantitative estimate of drug-likeness (QED) is 0.857. The Kier molecular flexibility index (Phi) is 7.45. The molecule has 1 aliphatic heterocycles. The number of piperazine rings is 1. The number of nitrogens with two attached hydrogens (primary N) is 1. The molecular weight excluding hydrogens is 307 g/mol. The predicted octanol–water partition coefficient (Wildman–Crippen LogP) is 2.02. The number of alkyl halides is 3. The van der Waals surface area contributed by atoms with Crippen molar-refractivity contribution in [2.45, 2.75) is 51.4 Å². The Morgan fingerprint density at radius 1 is 1.24 bits per heavy atom. The molecule has 0 aromatic heterocycles. The molecular formula is C13H25ClF3N3O. The van der Waals surface area contributed by atoms with Gasteiger partial charge in [0.05, 0.1) is 5.54 Å². The van der Waals surface area contributed by atoms with Gasteiger partial charge in [0.1, 0.15) is 6.04 Å². The molecule has 0 radical (unpaired) electrons. The van der Waals surface area contributed by atoms with Crippen molar-refractivity contribution >= 4 is 18.3 Å². The maximum Gasteiger partial charge on any atom is 0.403 e. The van der Waals surface area contributed by atoms with Crippen LogP contribution in [0.15, 0.2) is 0 Å². The van der Waals surface area contributed by atoms with Gasteiger partial charge in [-0.3, -0.25) is 9.69 Å². The van der Waals surface area contributed by atoms with Gasteiger partial charge in [-0.15, -0.1) is 12.4 Å². The number of nitrogens with zero attached hydrogens (tertiary/aromatic N) is 2. The standard InChI is InChI=1S/C13H24F3N3O.ClH/c1-4-5-12(3,17)11(20)19-8-6-18(7-9-19)10(2)13(14,15)16;/h10H,4-9,17H2,1-3H3;1H. The molecule has 1 amide bonds. The van der Waals surface area contributed by atoms with Crippen LogP contribution in [0.3, 0.4) is 0 Å². The molecule has 4 nitrogen and oxygen atoms in total. The SMILES string of the molecule is CCCC(C)(N)C(=O)N1CCN(C(C)C(F)(F)F)CC1.Cl. The highest BCUT2D eigenvalue weighted by Crippen LogP contribution is 2.25. The number of hydrogen-bond acceptors (Lipinski definition) is 3. The third-order valence-electron chi connectivity index (χ3n) is 3.88. The summed E-state index contributed by atoms with van der Waals surface area (Å²) in [6, 6.07) is -1.47. The van der Waals surface area contributed by atoms with E-state index in [1.807, 2.05) is 6.92 Å². The molecule has 2 atom stereocenters. The number of halogens is 4. The highest BCUT2D eigenvalue weighted by Gasteiger charge is 2.42. The highest BCUT2D eigenvalue weighted by atomic mass is 35.5. The third kappa shape index (κ3) is 5.30.